The lowest BCUT2D eigenvalue weighted by Gasteiger charge is -2.29. The summed E-state index contributed by atoms with van der Waals surface area (Å²) in [5, 5.41) is 9.67. The first-order valence-corrected chi connectivity index (χ1v) is 12.2. The van der Waals surface area contributed by atoms with E-state index in [9.17, 15) is 0 Å². The van der Waals surface area contributed by atoms with Crippen molar-refractivity contribution in [3.05, 3.63) is 42.4 Å². The van der Waals surface area contributed by atoms with Crippen LogP contribution in [0.1, 0.15) is 20.8 Å². The maximum absolute atomic E-state index is 6.21. The van der Waals surface area contributed by atoms with E-state index in [1.807, 2.05) is 31.6 Å². The summed E-state index contributed by atoms with van der Waals surface area (Å²) in [7, 11) is 2.03. The predicted octanol–water partition coefficient (Wildman–Crippen LogP) is 2.74. The van der Waals surface area contributed by atoms with Gasteiger partial charge in [-0.15, -0.1) is 0 Å². The monoisotopic (exact) mass is 477 g/mol. The van der Waals surface area contributed by atoms with Crippen molar-refractivity contribution in [3.63, 3.8) is 0 Å². The molecule has 0 atom stereocenters. The number of rotatable bonds is 7. The third kappa shape index (κ3) is 5.49. The van der Waals surface area contributed by atoms with Gasteiger partial charge in [0.25, 0.3) is 0 Å². The van der Waals surface area contributed by atoms with Crippen LogP contribution >= 0.6 is 0 Å². The van der Waals surface area contributed by atoms with E-state index in [0.29, 0.717) is 30.8 Å². The molecule has 0 unspecified atom stereocenters. The van der Waals surface area contributed by atoms with Crippen LogP contribution in [0.2, 0.25) is 0 Å². The average molecular weight is 478 g/mol. The Morgan fingerprint density at radius 1 is 1.14 bits per heavy atom. The molecule has 0 spiro atoms. The van der Waals surface area contributed by atoms with Crippen LogP contribution in [0.3, 0.4) is 0 Å². The summed E-state index contributed by atoms with van der Waals surface area (Å²) in [5.41, 5.74) is 6.46. The van der Waals surface area contributed by atoms with Gasteiger partial charge < -0.3 is 29.8 Å². The van der Waals surface area contributed by atoms with Crippen molar-refractivity contribution >= 4 is 28.5 Å². The van der Waals surface area contributed by atoms with Crippen molar-refractivity contribution in [2.24, 2.45) is 5.41 Å². The highest BCUT2D eigenvalue weighted by Gasteiger charge is 2.19. The highest BCUT2D eigenvalue weighted by Crippen LogP contribution is 2.29. The predicted molar refractivity (Wildman–Crippen MR) is 139 cm³/mol. The molecule has 3 N–H and O–H groups in total. The smallest absolute Gasteiger partial charge is 0.233 e. The highest BCUT2D eigenvalue weighted by atomic mass is 16.5. The van der Waals surface area contributed by atoms with Crippen molar-refractivity contribution in [1.82, 2.24) is 35.3 Å². The Hall–Kier alpha value is -3.37. The van der Waals surface area contributed by atoms with Gasteiger partial charge in [-0.1, -0.05) is 20.8 Å². The van der Waals surface area contributed by atoms with Crippen molar-refractivity contribution in [2.75, 3.05) is 56.6 Å². The van der Waals surface area contributed by atoms with Gasteiger partial charge in [0.1, 0.15) is 11.5 Å². The molecule has 0 aliphatic carbocycles. The summed E-state index contributed by atoms with van der Waals surface area (Å²) in [5.74, 6) is 1.76. The molecule has 2 aliphatic rings. The van der Waals surface area contributed by atoms with E-state index in [-0.39, 0.29) is 5.41 Å². The number of hydrazine groups is 1. The number of fused-ring (bicyclic) bond motifs is 1. The number of hydrogen-bond acceptors (Lipinski definition) is 9. The number of ether oxygens (including phenoxy) is 1. The lowest BCUT2D eigenvalue weighted by atomic mass is 9.99. The minimum Gasteiger partial charge on any atom is -0.477 e. The third-order valence-electron chi connectivity index (χ3n) is 6.12. The molecule has 186 valence electrons. The van der Waals surface area contributed by atoms with Crippen LogP contribution in [0, 0.1) is 5.41 Å². The minimum absolute atomic E-state index is 0.00958. The minimum atomic E-state index is 0.00958. The Morgan fingerprint density at radius 3 is 2.71 bits per heavy atom. The van der Waals surface area contributed by atoms with Gasteiger partial charge in [0.15, 0.2) is 0 Å². The van der Waals surface area contributed by atoms with Crippen molar-refractivity contribution in [3.8, 4) is 5.88 Å². The Labute approximate surface area is 206 Å². The van der Waals surface area contributed by atoms with Crippen LogP contribution in [0.15, 0.2) is 42.4 Å². The fourth-order valence-corrected chi connectivity index (χ4v) is 4.22. The largest absolute Gasteiger partial charge is 0.477 e. The topological polar surface area (TPSA) is 95.4 Å². The van der Waals surface area contributed by atoms with Gasteiger partial charge in [0, 0.05) is 69.6 Å². The van der Waals surface area contributed by atoms with Crippen molar-refractivity contribution in [2.45, 2.75) is 27.3 Å². The fourth-order valence-electron chi connectivity index (χ4n) is 4.22. The molecule has 0 saturated carbocycles. The highest BCUT2D eigenvalue weighted by molar-refractivity contribution is 5.83. The number of hydrogen-bond donors (Lipinski definition) is 3. The number of piperazine rings is 1. The summed E-state index contributed by atoms with van der Waals surface area (Å²) in [6.45, 7) is 12.5. The first-order valence-electron chi connectivity index (χ1n) is 12.2. The quantitative estimate of drug-likeness (QED) is 0.475. The molecular formula is C25H35N9O. The molecule has 35 heavy (non-hydrogen) atoms. The summed E-state index contributed by atoms with van der Waals surface area (Å²) in [4.78, 5) is 16.5. The Balaban J connectivity index is 1.46. The number of nitrogens with zero attached hydrogens (tertiary/aromatic N) is 6. The van der Waals surface area contributed by atoms with E-state index in [0.717, 1.165) is 49.4 Å². The van der Waals surface area contributed by atoms with Gasteiger partial charge in [-0.2, -0.15) is 9.97 Å². The van der Waals surface area contributed by atoms with E-state index in [2.05, 4.69) is 68.4 Å². The molecule has 10 heteroatoms. The van der Waals surface area contributed by atoms with Gasteiger partial charge in [0.2, 0.25) is 11.8 Å². The Morgan fingerprint density at radius 2 is 1.97 bits per heavy atom. The molecular weight excluding hydrogens is 442 g/mol. The summed E-state index contributed by atoms with van der Waals surface area (Å²) >= 11 is 0. The second-order valence-electron chi connectivity index (χ2n) is 10.3. The van der Waals surface area contributed by atoms with Gasteiger partial charge in [0.05, 0.1) is 18.5 Å². The molecule has 1 fully saturated rings. The van der Waals surface area contributed by atoms with E-state index >= 15 is 0 Å². The molecule has 0 amide bonds. The van der Waals surface area contributed by atoms with Crippen LogP contribution in [-0.2, 0) is 6.54 Å². The molecule has 3 aromatic rings. The Kier molecular flexibility index (Phi) is 6.48. The number of pyridine rings is 1. The summed E-state index contributed by atoms with van der Waals surface area (Å²) < 4.78 is 8.34. The molecule has 10 nitrogen and oxygen atoms in total. The average Bonchev–Trinajstić information content (AvgIpc) is 3.44. The van der Waals surface area contributed by atoms with Crippen LogP contribution in [-0.4, -0.2) is 70.9 Å². The number of nitrogens with one attached hydrogen (secondary N) is 3. The maximum atomic E-state index is 6.21. The van der Waals surface area contributed by atoms with Gasteiger partial charge >= 0.3 is 0 Å². The summed E-state index contributed by atoms with van der Waals surface area (Å²) in [6.07, 6.45) is 6.06. The zero-order valence-electron chi connectivity index (χ0n) is 21.0. The van der Waals surface area contributed by atoms with Gasteiger partial charge in [-0.25, -0.2) is 10.4 Å². The lowest BCUT2D eigenvalue weighted by Crippen LogP contribution is -2.43. The van der Waals surface area contributed by atoms with Crippen LogP contribution in [0.25, 0.3) is 11.0 Å². The van der Waals surface area contributed by atoms with Crippen molar-refractivity contribution in [1.29, 1.82) is 0 Å². The van der Waals surface area contributed by atoms with E-state index < -0.39 is 0 Å². The Bertz CT molecular complexity index is 1210. The van der Waals surface area contributed by atoms with Gasteiger partial charge in [-0.05, 0) is 23.6 Å². The van der Waals surface area contributed by atoms with E-state index in [1.54, 1.807) is 0 Å². The standard InChI is InChI=1S/C25H35N9O/c1-25(2,3)17-35-23-20-7-12-34(16-19-6-9-28-32(19)4)22(20)30-24(31-23)29-21-15-18(5-8-27-21)33-13-10-26-11-14-33/h5-8,12,15,26,28H,9-11,13-14,16-17H2,1-4H3,(H,27,29,30,31). The normalized spacial score (nSPS) is 16.6. The molecule has 5 heterocycles. The first kappa shape index (κ1) is 23.4. The molecule has 0 radical (unpaired) electrons. The van der Waals surface area contributed by atoms with Crippen LogP contribution < -0.4 is 25.7 Å². The number of allylic oxidation sites excluding steroid dienone is 1. The second kappa shape index (κ2) is 9.71. The molecule has 2 aliphatic heterocycles. The van der Waals surface area contributed by atoms with Crippen LogP contribution in [0.5, 0.6) is 5.88 Å². The number of likely N-dealkylation sites (N-methyl/N-ethyl adjacent to an activating group) is 1. The van der Waals surface area contributed by atoms with Crippen LogP contribution in [0.4, 0.5) is 17.5 Å². The first-order chi connectivity index (χ1) is 16.9. The molecule has 1 saturated heterocycles. The molecule has 0 aromatic carbocycles. The summed E-state index contributed by atoms with van der Waals surface area (Å²) in [6, 6.07) is 6.13. The third-order valence-corrected chi connectivity index (χ3v) is 6.12. The molecule has 0 bridgehead atoms. The SMILES string of the molecule is CN1NCC=C1Cn1ccc2c(OCC(C)(C)C)nc(Nc3cc(N4CCNCC4)ccn3)nc21. The van der Waals surface area contributed by atoms with E-state index in [1.165, 1.54) is 5.70 Å². The fraction of sp³-hybridized carbons (Fsp3) is 0.480. The molecule has 3 aromatic heterocycles. The van der Waals surface area contributed by atoms with E-state index in [4.69, 9.17) is 14.7 Å². The second-order valence-corrected chi connectivity index (χ2v) is 10.3. The number of anilines is 3. The lowest BCUT2D eigenvalue weighted by molar-refractivity contribution is 0.194. The van der Waals surface area contributed by atoms with Gasteiger partial charge in [-0.3, -0.25) is 0 Å². The maximum Gasteiger partial charge on any atom is 0.233 e. The zero-order chi connectivity index (χ0) is 24.4. The van der Waals surface area contributed by atoms with Crippen molar-refractivity contribution < 1.29 is 4.74 Å². The molecule has 5 rings (SSSR count). The number of aromatic nitrogens is 4. The zero-order valence-corrected chi connectivity index (χ0v) is 21.0.